The minimum Gasteiger partial charge on any atom is -0.481 e. The molecule has 0 aliphatic carbocycles. The number of rotatable bonds is 4. The first-order chi connectivity index (χ1) is 10.1. The lowest BCUT2D eigenvalue weighted by Gasteiger charge is -2.08. The summed E-state index contributed by atoms with van der Waals surface area (Å²) in [6, 6.07) is 5.50. The summed E-state index contributed by atoms with van der Waals surface area (Å²) in [4.78, 5) is 19.4. The molecule has 1 aromatic carbocycles. The number of carbonyl (C=O) groups is 1. The molecule has 3 rings (SSSR count). The molecule has 0 saturated heterocycles. The van der Waals surface area contributed by atoms with E-state index in [1.165, 1.54) is 4.68 Å². The molecule has 106 valence electrons. The van der Waals surface area contributed by atoms with Crippen LogP contribution in [-0.2, 0) is 11.3 Å². The molecule has 2 aromatic heterocycles. The van der Waals surface area contributed by atoms with Gasteiger partial charge in [-0.3, -0.25) is 14.8 Å². The molecule has 0 radical (unpaired) electrons. The molecule has 0 aliphatic heterocycles. The van der Waals surface area contributed by atoms with Crippen LogP contribution in [0, 0.1) is 5.92 Å². The van der Waals surface area contributed by atoms with E-state index in [4.69, 9.17) is 5.11 Å². The minimum atomic E-state index is -0.888. The predicted molar refractivity (Wildman–Crippen MR) is 73.1 cm³/mol. The Hall–Kier alpha value is -2.90. The summed E-state index contributed by atoms with van der Waals surface area (Å²) in [5.74, 6) is -0.955. The van der Waals surface area contributed by atoms with E-state index in [1.54, 1.807) is 19.3 Å². The standard InChI is InChI=1S/C13H12N6O2/c1-8(13(20)21)7-19-12(16-17-18-19)9-2-3-10-11(6-9)15-5-4-14-10/h2-6,8H,7H2,1H3,(H,20,21). The highest BCUT2D eigenvalue weighted by atomic mass is 16.4. The van der Waals surface area contributed by atoms with Crippen molar-refractivity contribution in [2.45, 2.75) is 13.5 Å². The fourth-order valence-corrected chi connectivity index (χ4v) is 1.97. The number of hydrogen-bond acceptors (Lipinski definition) is 6. The van der Waals surface area contributed by atoms with Crippen LogP contribution in [0.3, 0.4) is 0 Å². The van der Waals surface area contributed by atoms with Gasteiger partial charge in [0, 0.05) is 18.0 Å². The van der Waals surface area contributed by atoms with Crippen LogP contribution in [0.1, 0.15) is 6.92 Å². The third kappa shape index (κ3) is 2.55. The van der Waals surface area contributed by atoms with Gasteiger partial charge in [-0.1, -0.05) is 6.92 Å². The zero-order valence-electron chi connectivity index (χ0n) is 11.2. The van der Waals surface area contributed by atoms with E-state index in [9.17, 15) is 4.79 Å². The van der Waals surface area contributed by atoms with Gasteiger partial charge in [-0.2, -0.15) is 0 Å². The number of carboxylic acids is 1. The fraction of sp³-hybridized carbons (Fsp3) is 0.231. The van der Waals surface area contributed by atoms with Gasteiger partial charge in [-0.05, 0) is 28.6 Å². The first-order valence-corrected chi connectivity index (χ1v) is 6.35. The summed E-state index contributed by atoms with van der Waals surface area (Å²) in [6.07, 6.45) is 3.24. The van der Waals surface area contributed by atoms with Gasteiger partial charge in [0.1, 0.15) is 0 Å². The second-order valence-electron chi connectivity index (χ2n) is 4.68. The zero-order chi connectivity index (χ0) is 14.8. The Morgan fingerprint density at radius 3 is 2.81 bits per heavy atom. The van der Waals surface area contributed by atoms with Crippen molar-refractivity contribution >= 4 is 17.0 Å². The van der Waals surface area contributed by atoms with Crippen LogP contribution in [0.5, 0.6) is 0 Å². The van der Waals surface area contributed by atoms with Crippen LogP contribution < -0.4 is 0 Å². The van der Waals surface area contributed by atoms with Crippen molar-refractivity contribution in [1.29, 1.82) is 0 Å². The largest absolute Gasteiger partial charge is 0.481 e. The lowest BCUT2D eigenvalue weighted by molar-refractivity contribution is -0.141. The molecule has 21 heavy (non-hydrogen) atoms. The molecule has 8 heteroatoms. The summed E-state index contributed by atoms with van der Waals surface area (Å²) in [6.45, 7) is 1.82. The SMILES string of the molecule is CC(Cn1nnnc1-c1ccc2nccnc2c1)C(=O)O. The molecule has 1 unspecified atom stereocenters. The van der Waals surface area contributed by atoms with Gasteiger partial charge in [0.15, 0.2) is 5.82 Å². The molecule has 0 bridgehead atoms. The van der Waals surface area contributed by atoms with Crippen molar-refractivity contribution in [2.75, 3.05) is 0 Å². The van der Waals surface area contributed by atoms with Crippen LogP contribution in [0.2, 0.25) is 0 Å². The third-order valence-electron chi connectivity index (χ3n) is 3.13. The van der Waals surface area contributed by atoms with Crippen molar-refractivity contribution in [3.05, 3.63) is 30.6 Å². The first-order valence-electron chi connectivity index (χ1n) is 6.35. The summed E-state index contributed by atoms with van der Waals surface area (Å²) in [5, 5.41) is 20.4. The van der Waals surface area contributed by atoms with E-state index in [0.717, 1.165) is 16.6 Å². The van der Waals surface area contributed by atoms with Gasteiger partial charge in [0.05, 0.1) is 23.5 Å². The molecule has 1 atom stereocenters. The maximum atomic E-state index is 10.9. The molecule has 0 amide bonds. The van der Waals surface area contributed by atoms with Crippen molar-refractivity contribution in [3.8, 4) is 11.4 Å². The quantitative estimate of drug-likeness (QED) is 0.761. The Balaban J connectivity index is 1.99. The zero-order valence-corrected chi connectivity index (χ0v) is 11.2. The number of nitrogens with zero attached hydrogens (tertiary/aromatic N) is 6. The van der Waals surface area contributed by atoms with Crippen molar-refractivity contribution in [1.82, 2.24) is 30.2 Å². The maximum absolute atomic E-state index is 10.9. The maximum Gasteiger partial charge on any atom is 0.308 e. The third-order valence-corrected chi connectivity index (χ3v) is 3.13. The van der Waals surface area contributed by atoms with E-state index in [0.29, 0.717) is 5.82 Å². The summed E-state index contributed by atoms with van der Waals surface area (Å²) in [7, 11) is 0. The van der Waals surface area contributed by atoms with Crippen LogP contribution in [0.4, 0.5) is 0 Å². The highest BCUT2D eigenvalue weighted by molar-refractivity contribution is 5.79. The molecule has 0 fully saturated rings. The lowest BCUT2D eigenvalue weighted by atomic mass is 10.1. The molecule has 0 spiro atoms. The minimum absolute atomic E-state index is 0.205. The van der Waals surface area contributed by atoms with Gasteiger partial charge in [-0.15, -0.1) is 5.10 Å². The van der Waals surface area contributed by atoms with Crippen LogP contribution >= 0.6 is 0 Å². The number of tetrazole rings is 1. The first kappa shape index (κ1) is 13.1. The molecule has 0 saturated carbocycles. The van der Waals surface area contributed by atoms with Crippen molar-refractivity contribution in [2.24, 2.45) is 5.92 Å². The monoisotopic (exact) mass is 284 g/mol. The summed E-state index contributed by atoms with van der Waals surface area (Å²) >= 11 is 0. The van der Waals surface area contributed by atoms with Gasteiger partial charge in [-0.25, -0.2) is 4.68 Å². The van der Waals surface area contributed by atoms with E-state index in [1.807, 2.05) is 18.2 Å². The van der Waals surface area contributed by atoms with Crippen LogP contribution in [0.25, 0.3) is 22.4 Å². The smallest absolute Gasteiger partial charge is 0.308 e. The summed E-state index contributed by atoms with van der Waals surface area (Å²) in [5.41, 5.74) is 2.28. The van der Waals surface area contributed by atoms with E-state index in [-0.39, 0.29) is 6.54 Å². The van der Waals surface area contributed by atoms with Gasteiger partial charge < -0.3 is 5.11 Å². The van der Waals surface area contributed by atoms with E-state index >= 15 is 0 Å². The number of hydrogen-bond donors (Lipinski definition) is 1. The number of aliphatic carboxylic acids is 1. The van der Waals surface area contributed by atoms with E-state index < -0.39 is 11.9 Å². The second kappa shape index (κ2) is 5.23. The fourth-order valence-electron chi connectivity index (χ4n) is 1.97. The van der Waals surface area contributed by atoms with Crippen LogP contribution in [-0.4, -0.2) is 41.3 Å². The molecule has 3 aromatic rings. The Kier molecular flexibility index (Phi) is 3.27. The average molecular weight is 284 g/mol. The Morgan fingerprint density at radius 1 is 1.29 bits per heavy atom. The molecule has 1 N–H and O–H groups in total. The number of fused-ring (bicyclic) bond motifs is 1. The Morgan fingerprint density at radius 2 is 2.05 bits per heavy atom. The second-order valence-corrected chi connectivity index (χ2v) is 4.68. The van der Waals surface area contributed by atoms with Crippen molar-refractivity contribution in [3.63, 3.8) is 0 Å². The van der Waals surface area contributed by atoms with Crippen LogP contribution in [0.15, 0.2) is 30.6 Å². The Bertz CT molecular complexity index is 800. The summed E-state index contributed by atoms with van der Waals surface area (Å²) < 4.78 is 1.48. The normalized spacial score (nSPS) is 12.4. The molecular weight excluding hydrogens is 272 g/mol. The van der Waals surface area contributed by atoms with Gasteiger partial charge in [0.25, 0.3) is 0 Å². The molecule has 8 nitrogen and oxygen atoms in total. The van der Waals surface area contributed by atoms with Gasteiger partial charge >= 0.3 is 5.97 Å². The molecular formula is C13H12N6O2. The predicted octanol–water partition coefficient (Wildman–Crippen LogP) is 1.00. The molecule has 2 heterocycles. The molecule has 0 aliphatic rings. The van der Waals surface area contributed by atoms with E-state index in [2.05, 4.69) is 25.5 Å². The highest BCUT2D eigenvalue weighted by Crippen LogP contribution is 2.20. The number of aromatic nitrogens is 6. The Labute approximate surface area is 119 Å². The topological polar surface area (TPSA) is 107 Å². The number of carboxylic acid groups (broad SMARTS) is 1. The van der Waals surface area contributed by atoms with Gasteiger partial charge in [0.2, 0.25) is 0 Å². The van der Waals surface area contributed by atoms with Crippen molar-refractivity contribution < 1.29 is 9.90 Å². The average Bonchev–Trinajstić information content (AvgIpc) is 2.94. The number of benzene rings is 1. The lowest BCUT2D eigenvalue weighted by Crippen LogP contribution is -2.18. The highest BCUT2D eigenvalue weighted by Gasteiger charge is 2.16.